The Labute approximate surface area is 148 Å². The predicted octanol–water partition coefficient (Wildman–Crippen LogP) is 1.43. The van der Waals surface area contributed by atoms with Crippen LogP contribution in [0.4, 0.5) is 5.82 Å². The Hall–Kier alpha value is -2.18. The highest BCUT2D eigenvalue weighted by molar-refractivity contribution is 5.92. The number of hydrogen-bond donors (Lipinski definition) is 1. The Morgan fingerprint density at radius 1 is 1.24 bits per heavy atom. The molecule has 0 saturated carbocycles. The molecule has 3 rings (SSSR count). The third-order valence-corrected chi connectivity index (χ3v) is 4.52. The molecule has 1 aliphatic rings. The van der Waals surface area contributed by atoms with Gasteiger partial charge < -0.3 is 15.0 Å². The number of nitrogens with one attached hydrogen (secondary N) is 1. The average Bonchev–Trinajstić information content (AvgIpc) is 2.62. The third-order valence-electron chi connectivity index (χ3n) is 4.52. The molecule has 1 fully saturated rings. The number of aromatic nitrogens is 1. The monoisotopic (exact) mass is 342 g/mol. The average molecular weight is 342 g/mol. The van der Waals surface area contributed by atoms with E-state index in [1.165, 1.54) is 10.8 Å². The number of hydrogen-bond acceptors (Lipinski definition) is 5. The number of fused-ring (bicyclic) bond motifs is 1. The van der Waals surface area contributed by atoms with Crippen LogP contribution in [-0.2, 0) is 9.53 Å². The number of ether oxygens (including phenoxy) is 1. The summed E-state index contributed by atoms with van der Waals surface area (Å²) in [4.78, 5) is 21.2. The summed E-state index contributed by atoms with van der Waals surface area (Å²) in [6, 6.07) is 10.5. The van der Waals surface area contributed by atoms with Gasteiger partial charge in [0.2, 0.25) is 5.91 Å². The Morgan fingerprint density at radius 2 is 2.00 bits per heavy atom. The normalized spacial score (nSPS) is 15.5. The zero-order valence-corrected chi connectivity index (χ0v) is 15.0. The molecular weight excluding hydrogens is 316 g/mol. The number of rotatable bonds is 6. The Morgan fingerprint density at radius 3 is 2.76 bits per heavy atom. The first kappa shape index (κ1) is 17.6. The fraction of sp³-hybridized carbons (Fsp3) is 0.474. The van der Waals surface area contributed by atoms with Crippen molar-refractivity contribution in [1.82, 2.24) is 15.2 Å². The molecule has 25 heavy (non-hydrogen) atoms. The van der Waals surface area contributed by atoms with Crippen molar-refractivity contribution in [1.29, 1.82) is 0 Å². The lowest BCUT2D eigenvalue weighted by molar-refractivity contribution is -0.122. The van der Waals surface area contributed by atoms with Crippen LogP contribution in [0.5, 0.6) is 0 Å². The van der Waals surface area contributed by atoms with E-state index in [9.17, 15) is 4.79 Å². The number of carbonyl (C=O) groups excluding carboxylic acids is 1. The van der Waals surface area contributed by atoms with Gasteiger partial charge in [-0.3, -0.25) is 9.69 Å². The van der Waals surface area contributed by atoms with Crippen LogP contribution in [-0.4, -0.2) is 68.8 Å². The summed E-state index contributed by atoms with van der Waals surface area (Å²) < 4.78 is 4.95. The van der Waals surface area contributed by atoms with Gasteiger partial charge in [0.25, 0.3) is 0 Å². The molecule has 0 spiro atoms. The lowest BCUT2D eigenvalue weighted by atomic mass is 10.1. The van der Waals surface area contributed by atoms with Crippen LogP contribution in [0.3, 0.4) is 0 Å². The van der Waals surface area contributed by atoms with Gasteiger partial charge in [-0.05, 0) is 18.4 Å². The fourth-order valence-electron chi connectivity index (χ4n) is 3.22. The molecule has 1 saturated heterocycles. The summed E-state index contributed by atoms with van der Waals surface area (Å²) in [7, 11) is 1.63. The number of benzene rings is 1. The minimum atomic E-state index is 0.0598. The molecule has 1 aliphatic heterocycles. The first-order valence-electron chi connectivity index (χ1n) is 8.76. The van der Waals surface area contributed by atoms with Gasteiger partial charge in [0, 0.05) is 50.9 Å². The number of pyridine rings is 1. The molecule has 1 aromatic carbocycles. The van der Waals surface area contributed by atoms with Crippen molar-refractivity contribution in [2.45, 2.75) is 6.92 Å². The van der Waals surface area contributed by atoms with Crippen LogP contribution in [0, 0.1) is 6.92 Å². The summed E-state index contributed by atoms with van der Waals surface area (Å²) in [6.07, 6.45) is 0. The molecule has 6 nitrogen and oxygen atoms in total. The number of amides is 1. The maximum atomic E-state index is 11.9. The van der Waals surface area contributed by atoms with E-state index >= 15 is 0 Å². The molecule has 1 N–H and O–H groups in total. The van der Waals surface area contributed by atoms with Crippen LogP contribution in [0.2, 0.25) is 0 Å². The predicted molar refractivity (Wildman–Crippen MR) is 100 cm³/mol. The number of aryl methyl sites for hydroxylation is 1. The lowest BCUT2D eigenvalue weighted by Crippen LogP contribution is -2.50. The number of nitrogens with zero attached hydrogens (tertiary/aromatic N) is 3. The van der Waals surface area contributed by atoms with E-state index in [1.54, 1.807) is 7.11 Å². The van der Waals surface area contributed by atoms with Crippen molar-refractivity contribution < 1.29 is 9.53 Å². The topological polar surface area (TPSA) is 57.7 Å². The SMILES string of the molecule is COCCNC(=O)CN1CCN(c2nc(C)cc3ccccc23)CC1. The molecule has 1 aromatic heterocycles. The van der Waals surface area contributed by atoms with Crippen molar-refractivity contribution in [3.05, 3.63) is 36.0 Å². The van der Waals surface area contributed by atoms with Crippen LogP contribution in [0.25, 0.3) is 10.8 Å². The highest BCUT2D eigenvalue weighted by atomic mass is 16.5. The molecule has 0 bridgehead atoms. The number of methoxy groups -OCH3 is 1. The first-order valence-corrected chi connectivity index (χ1v) is 8.76. The largest absolute Gasteiger partial charge is 0.383 e. The molecule has 134 valence electrons. The highest BCUT2D eigenvalue weighted by Gasteiger charge is 2.21. The van der Waals surface area contributed by atoms with E-state index in [1.807, 2.05) is 6.92 Å². The van der Waals surface area contributed by atoms with Crippen molar-refractivity contribution in [2.24, 2.45) is 0 Å². The molecule has 2 heterocycles. The van der Waals surface area contributed by atoms with Crippen molar-refractivity contribution in [2.75, 3.05) is 57.9 Å². The smallest absolute Gasteiger partial charge is 0.234 e. The van der Waals surface area contributed by atoms with Crippen LogP contribution >= 0.6 is 0 Å². The molecule has 0 atom stereocenters. The maximum Gasteiger partial charge on any atom is 0.234 e. The van der Waals surface area contributed by atoms with Gasteiger partial charge in [-0.1, -0.05) is 24.3 Å². The lowest BCUT2D eigenvalue weighted by Gasteiger charge is -2.35. The van der Waals surface area contributed by atoms with E-state index in [2.05, 4.69) is 45.4 Å². The standard InChI is InChI=1S/C19H26N4O2/c1-15-13-16-5-3-4-6-17(16)19(21-15)23-10-8-22(9-11-23)14-18(24)20-7-12-25-2/h3-6,13H,7-12,14H2,1-2H3,(H,20,24). The van der Waals surface area contributed by atoms with Gasteiger partial charge in [-0.15, -0.1) is 0 Å². The quantitative estimate of drug-likeness (QED) is 0.805. The number of carbonyl (C=O) groups is 1. The van der Waals surface area contributed by atoms with Crippen LogP contribution in [0.15, 0.2) is 30.3 Å². The summed E-state index contributed by atoms with van der Waals surface area (Å²) >= 11 is 0. The van der Waals surface area contributed by atoms with Gasteiger partial charge in [-0.2, -0.15) is 0 Å². The van der Waals surface area contributed by atoms with Crippen molar-refractivity contribution >= 4 is 22.5 Å². The summed E-state index contributed by atoms with van der Waals surface area (Å²) in [6.45, 7) is 7.08. The molecule has 6 heteroatoms. The Balaban J connectivity index is 1.60. The first-order chi connectivity index (χ1) is 12.2. The fourth-order valence-corrected chi connectivity index (χ4v) is 3.22. The van der Waals surface area contributed by atoms with Gasteiger partial charge in [0.1, 0.15) is 5.82 Å². The van der Waals surface area contributed by atoms with Gasteiger partial charge in [0.05, 0.1) is 13.2 Å². The molecule has 0 unspecified atom stereocenters. The highest BCUT2D eigenvalue weighted by Crippen LogP contribution is 2.26. The van der Waals surface area contributed by atoms with E-state index in [0.717, 1.165) is 37.7 Å². The Kier molecular flexibility index (Phi) is 5.83. The summed E-state index contributed by atoms with van der Waals surface area (Å²) in [5.74, 6) is 1.12. The van der Waals surface area contributed by atoms with Crippen LogP contribution in [0.1, 0.15) is 5.69 Å². The van der Waals surface area contributed by atoms with Gasteiger partial charge in [0.15, 0.2) is 0 Å². The maximum absolute atomic E-state index is 11.9. The summed E-state index contributed by atoms with van der Waals surface area (Å²) in [5.41, 5.74) is 1.04. The summed E-state index contributed by atoms with van der Waals surface area (Å²) in [5, 5.41) is 5.29. The van der Waals surface area contributed by atoms with E-state index < -0.39 is 0 Å². The second kappa shape index (κ2) is 8.27. The van der Waals surface area contributed by atoms with Crippen molar-refractivity contribution in [3.63, 3.8) is 0 Å². The number of piperazine rings is 1. The van der Waals surface area contributed by atoms with Gasteiger partial charge in [-0.25, -0.2) is 4.98 Å². The second-order valence-electron chi connectivity index (χ2n) is 6.41. The van der Waals surface area contributed by atoms with Crippen LogP contribution < -0.4 is 10.2 Å². The zero-order chi connectivity index (χ0) is 17.6. The minimum Gasteiger partial charge on any atom is -0.383 e. The molecule has 0 aliphatic carbocycles. The number of anilines is 1. The Bertz CT molecular complexity index is 726. The second-order valence-corrected chi connectivity index (χ2v) is 6.41. The van der Waals surface area contributed by atoms with E-state index in [-0.39, 0.29) is 5.91 Å². The molecule has 2 aromatic rings. The molecule has 0 radical (unpaired) electrons. The van der Waals surface area contributed by atoms with E-state index in [4.69, 9.17) is 9.72 Å². The molecule has 1 amide bonds. The third kappa shape index (κ3) is 4.46. The van der Waals surface area contributed by atoms with Gasteiger partial charge >= 0.3 is 0 Å². The zero-order valence-electron chi connectivity index (χ0n) is 15.0. The molecular formula is C19H26N4O2. The minimum absolute atomic E-state index is 0.0598. The van der Waals surface area contributed by atoms with E-state index in [0.29, 0.717) is 19.7 Å². The van der Waals surface area contributed by atoms with Crippen molar-refractivity contribution in [3.8, 4) is 0 Å².